The van der Waals surface area contributed by atoms with Crippen molar-refractivity contribution in [2.75, 3.05) is 26.2 Å². The van der Waals surface area contributed by atoms with E-state index >= 15 is 0 Å². The SMILES string of the molecule is O=S(=O)(c1c(Cl)cccc1Cl)N1CC[NH+](Cc2cccc(F)c2)CC1. The zero-order valence-electron chi connectivity index (χ0n) is 13.4. The number of sulfonamides is 1. The van der Waals surface area contributed by atoms with E-state index in [2.05, 4.69) is 0 Å². The van der Waals surface area contributed by atoms with E-state index in [1.165, 1.54) is 33.5 Å². The molecule has 0 spiro atoms. The van der Waals surface area contributed by atoms with E-state index in [0.29, 0.717) is 32.7 Å². The number of hydrogen-bond acceptors (Lipinski definition) is 2. The van der Waals surface area contributed by atoms with Crippen molar-refractivity contribution in [2.24, 2.45) is 0 Å². The molecule has 3 rings (SSSR count). The molecular formula is C17H18Cl2FN2O2S+. The summed E-state index contributed by atoms with van der Waals surface area (Å²) in [5.41, 5.74) is 0.903. The van der Waals surface area contributed by atoms with Crippen LogP contribution in [0.3, 0.4) is 0 Å². The first-order valence-electron chi connectivity index (χ1n) is 7.90. The summed E-state index contributed by atoms with van der Waals surface area (Å²) in [6.07, 6.45) is 0. The minimum Gasteiger partial charge on any atom is -0.329 e. The van der Waals surface area contributed by atoms with Gasteiger partial charge in [-0.3, -0.25) is 0 Å². The molecule has 2 aromatic rings. The smallest absolute Gasteiger partial charge is 0.246 e. The number of nitrogens with zero attached hydrogens (tertiary/aromatic N) is 1. The van der Waals surface area contributed by atoms with Crippen LogP contribution in [-0.2, 0) is 16.6 Å². The van der Waals surface area contributed by atoms with Crippen molar-refractivity contribution in [3.05, 3.63) is 63.9 Å². The Hall–Kier alpha value is -1.18. The maximum Gasteiger partial charge on any atom is 0.246 e. The molecule has 8 heteroatoms. The Morgan fingerprint density at radius 1 is 1.04 bits per heavy atom. The molecule has 1 fully saturated rings. The lowest BCUT2D eigenvalue weighted by atomic mass is 10.2. The molecule has 0 radical (unpaired) electrons. The number of quaternary nitrogens is 1. The van der Waals surface area contributed by atoms with Gasteiger partial charge in [-0.05, 0) is 24.3 Å². The molecule has 0 atom stereocenters. The molecule has 0 aliphatic carbocycles. The second kappa shape index (κ2) is 7.60. The lowest BCUT2D eigenvalue weighted by molar-refractivity contribution is -0.917. The number of benzene rings is 2. The molecule has 1 aliphatic heterocycles. The monoisotopic (exact) mass is 403 g/mol. The Morgan fingerprint density at radius 2 is 1.64 bits per heavy atom. The van der Waals surface area contributed by atoms with E-state index in [9.17, 15) is 12.8 Å². The summed E-state index contributed by atoms with van der Waals surface area (Å²) in [6.45, 7) is 2.68. The molecule has 0 amide bonds. The number of piperazine rings is 1. The molecule has 1 N–H and O–H groups in total. The van der Waals surface area contributed by atoms with Crippen molar-refractivity contribution in [1.29, 1.82) is 0 Å². The summed E-state index contributed by atoms with van der Waals surface area (Å²) in [6, 6.07) is 11.1. The van der Waals surface area contributed by atoms with Crippen LogP contribution in [0.1, 0.15) is 5.56 Å². The highest BCUT2D eigenvalue weighted by Crippen LogP contribution is 2.31. The van der Waals surface area contributed by atoms with Crippen molar-refractivity contribution in [3.63, 3.8) is 0 Å². The first-order chi connectivity index (χ1) is 11.9. The largest absolute Gasteiger partial charge is 0.329 e. The third-order valence-electron chi connectivity index (χ3n) is 4.29. The highest BCUT2D eigenvalue weighted by atomic mass is 35.5. The average Bonchev–Trinajstić information content (AvgIpc) is 2.55. The van der Waals surface area contributed by atoms with Gasteiger partial charge in [0, 0.05) is 5.56 Å². The Labute approximate surface area is 156 Å². The van der Waals surface area contributed by atoms with Crippen LogP contribution in [0, 0.1) is 5.82 Å². The fourth-order valence-electron chi connectivity index (χ4n) is 3.01. The van der Waals surface area contributed by atoms with Crippen LogP contribution in [0.25, 0.3) is 0 Å². The van der Waals surface area contributed by atoms with Crippen LogP contribution in [-0.4, -0.2) is 38.9 Å². The van der Waals surface area contributed by atoms with Gasteiger partial charge < -0.3 is 4.90 Å². The summed E-state index contributed by atoms with van der Waals surface area (Å²) in [5.74, 6) is -0.258. The van der Waals surface area contributed by atoms with Gasteiger partial charge in [-0.2, -0.15) is 4.31 Å². The molecule has 0 saturated carbocycles. The second-order valence-corrected chi connectivity index (χ2v) is 8.70. The van der Waals surface area contributed by atoms with E-state index in [4.69, 9.17) is 23.2 Å². The van der Waals surface area contributed by atoms with Crippen LogP contribution in [0.4, 0.5) is 4.39 Å². The summed E-state index contributed by atoms with van der Waals surface area (Å²) < 4.78 is 40.4. The highest BCUT2D eigenvalue weighted by molar-refractivity contribution is 7.89. The number of hydrogen-bond donors (Lipinski definition) is 1. The predicted octanol–water partition coefficient (Wildman–Crippen LogP) is 2.22. The Bertz CT molecular complexity index is 848. The first-order valence-corrected chi connectivity index (χ1v) is 10.1. The molecule has 2 aromatic carbocycles. The summed E-state index contributed by atoms with van der Waals surface area (Å²) in [5, 5.41) is 0.254. The van der Waals surface area contributed by atoms with E-state index in [-0.39, 0.29) is 20.8 Å². The average molecular weight is 404 g/mol. The molecule has 1 heterocycles. The lowest BCUT2D eigenvalue weighted by Gasteiger charge is -2.31. The van der Waals surface area contributed by atoms with E-state index in [1.807, 2.05) is 6.07 Å². The van der Waals surface area contributed by atoms with Gasteiger partial charge in [0.15, 0.2) is 0 Å². The number of rotatable bonds is 4. The molecule has 0 unspecified atom stereocenters. The topological polar surface area (TPSA) is 41.8 Å². The minimum atomic E-state index is -3.73. The van der Waals surface area contributed by atoms with Crippen LogP contribution in [0.2, 0.25) is 10.0 Å². The summed E-state index contributed by atoms with van der Waals surface area (Å²) in [7, 11) is -3.73. The third kappa shape index (κ3) is 4.15. The Kier molecular flexibility index (Phi) is 5.65. The molecule has 1 saturated heterocycles. The molecule has 25 heavy (non-hydrogen) atoms. The van der Waals surface area contributed by atoms with Crippen LogP contribution >= 0.6 is 23.2 Å². The fraction of sp³-hybridized carbons (Fsp3) is 0.294. The first kappa shape index (κ1) is 18.6. The third-order valence-corrected chi connectivity index (χ3v) is 7.14. The minimum absolute atomic E-state index is 0.0353. The zero-order chi connectivity index (χ0) is 18.0. The van der Waals surface area contributed by atoms with E-state index in [1.54, 1.807) is 12.1 Å². The Balaban J connectivity index is 1.69. The molecule has 0 aromatic heterocycles. The van der Waals surface area contributed by atoms with Gasteiger partial charge >= 0.3 is 0 Å². The predicted molar refractivity (Wildman–Crippen MR) is 96.0 cm³/mol. The van der Waals surface area contributed by atoms with Gasteiger partial charge in [0.05, 0.1) is 36.2 Å². The summed E-state index contributed by atoms with van der Waals surface area (Å²) in [4.78, 5) is 1.18. The molecular weight excluding hydrogens is 386 g/mol. The fourth-order valence-corrected chi connectivity index (χ4v) is 5.55. The highest BCUT2D eigenvalue weighted by Gasteiger charge is 2.33. The van der Waals surface area contributed by atoms with Gasteiger partial charge in [-0.15, -0.1) is 0 Å². The summed E-state index contributed by atoms with van der Waals surface area (Å²) >= 11 is 12.1. The maximum atomic E-state index is 13.3. The standard InChI is InChI=1S/C17H17Cl2FN2O2S/c18-15-5-2-6-16(19)17(15)25(23,24)22-9-7-21(8-10-22)12-13-3-1-4-14(20)11-13/h1-6,11H,7-10,12H2/p+1. The van der Waals surface area contributed by atoms with Crippen LogP contribution < -0.4 is 4.90 Å². The van der Waals surface area contributed by atoms with Gasteiger partial charge in [0.25, 0.3) is 0 Å². The molecule has 1 aliphatic rings. The number of nitrogens with one attached hydrogen (secondary N) is 1. The Morgan fingerprint density at radius 3 is 2.24 bits per heavy atom. The van der Waals surface area contributed by atoms with Crippen molar-refractivity contribution >= 4 is 33.2 Å². The van der Waals surface area contributed by atoms with Crippen molar-refractivity contribution in [1.82, 2.24) is 4.31 Å². The zero-order valence-corrected chi connectivity index (χ0v) is 15.7. The molecule has 0 bridgehead atoms. The van der Waals surface area contributed by atoms with Gasteiger partial charge in [-0.25, -0.2) is 12.8 Å². The van der Waals surface area contributed by atoms with Crippen LogP contribution in [0.5, 0.6) is 0 Å². The normalized spacial score (nSPS) is 16.9. The van der Waals surface area contributed by atoms with E-state index in [0.717, 1.165) is 5.56 Å². The van der Waals surface area contributed by atoms with E-state index < -0.39 is 10.0 Å². The number of halogens is 3. The van der Waals surface area contributed by atoms with Gasteiger partial charge in [0.2, 0.25) is 10.0 Å². The van der Waals surface area contributed by atoms with Crippen molar-refractivity contribution in [3.8, 4) is 0 Å². The molecule has 134 valence electrons. The second-order valence-electron chi connectivity index (χ2n) is 6.01. The quantitative estimate of drug-likeness (QED) is 0.850. The van der Waals surface area contributed by atoms with Crippen molar-refractivity contribution < 1.29 is 17.7 Å². The van der Waals surface area contributed by atoms with Gasteiger partial charge in [-0.1, -0.05) is 41.4 Å². The van der Waals surface area contributed by atoms with Gasteiger partial charge in [0.1, 0.15) is 17.3 Å². The molecule has 4 nitrogen and oxygen atoms in total. The maximum absolute atomic E-state index is 13.3. The van der Waals surface area contributed by atoms with Crippen LogP contribution in [0.15, 0.2) is 47.4 Å². The lowest BCUT2D eigenvalue weighted by Crippen LogP contribution is -3.13. The van der Waals surface area contributed by atoms with Crippen molar-refractivity contribution in [2.45, 2.75) is 11.4 Å².